The standard InChI is InChI=1S/C16H17BrN2O4/c1-16(2,3)12-8-11(19-23-12)14(20)18-13(15(21)22)9-4-6-10(17)7-5-9/h4-8,13H,1-3H3,(H,18,20)(H,21,22). The number of carboxylic acids is 1. The number of amides is 1. The van der Waals surface area contributed by atoms with E-state index in [1.165, 1.54) is 6.07 Å². The molecule has 122 valence electrons. The van der Waals surface area contributed by atoms with E-state index >= 15 is 0 Å². The molecule has 2 rings (SSSR count). The second-order valence-corrected chi connectivity index (χ2v) is 7.04. The zero-order chi connectivity index (χ0) is 17.2. The summed E-state index contributed by atoms with van der Waals surface area (Å²) in [5.41, 5.74) is 0.232. The molecule has 0 fully saturated rings. The molecule has 1 aromatic carbocycles. The van der Waals surface area contributed by atoms with Crippen LogP contribution in [0.4, 0.5) is 0 Å². The lowest BCUT2D eigenvalue weighted by molar-refractivity contribution is -0.139. The van der Waals surface area contributed by atoms with E-state index < -0.39 is 17.9 Å². The van der Waals surface area contributed by atoms with Gasteiger partial charge >= 0.3 is 5.97 Å². The first-order valence-corrected chi connectivity index (χ1v) is 7.74. The summed E-state index contributed by atoms with van der Waals surface area (Å²) in [7, 11) is 0. The largest absolute Gasteiger partial charge is 0.479 e. The molecule has 1 aromatic heterocycles. The lowest BCUT2D eigenvalue weighted by Crippen LogP contribution is -2.33. The highest BCUT2D eigenvalue weighted by atomic mass is 79.9. The fraction of sp³-hybridized carbons (Fsp3) is 0.312. The molecule has 0 aliphatic heterocycles. The van der Waals surface area contributed by atoms with Gasteiger partial charge < -0.3 is 14.9 Å². The second kappa shape index (κ2) is 6.54. The van der Waals surface area contributed by atoms with Crippen molar-refractivity contribution in [3.8, 4) is 0 Å². The van der Waals surface area contributed by atoms with Gasteiger partial charge in [0.1, 0.15) is 5.76 Å². The molecule has 0 radical (unpaired) electrons. The summed E-state index contributed by atoms with van der Waals surface area (Å²) in [4.78, 5) is 23.7. The smallest absolute Gasteiger partial charge is 0.330 e. The Kier molecular flexibility index (Phi) is 4.89. The van der Waals surface area contributed by atoms with Crippen LogP contribution in [-0.4, -0.2) is 22.1 Å². The molecule has 2 aromatic rings. The summed E-state index contributed by atoms with van der Waals surface area (Å²) in [6.07, 6.45) is 0. The van der Waals surface area contributed by atoms with Gasteiger partial charge in [0.15, 0.2) is 11.7 Å². The predicted molar refractivity (Wildman–Crippen MR) is 87.2 cm³/mol. The van der Waals surface area contributed by atoms with E-state index in [0.717, 1.165) is 4.47 Å². The average Bonchev–Trinajstić information content (AvgIpc) is 2.95. The Morgan fingerprint density at radius 1 is 1.26 bits per heavy atom. The zero-order valence-electron chi connectivity index (χ0n) is 13.0. The predicted octanol–water partition coefficient (Wildman–Crippen LogP) is 3.29. The van der Waals surface area contributed by atoms with E-state index in [4.69, 9.17) is 4.52 Å². The molecule has 0 saturated carbocycles. The molecular weight excluding hydrogens is 364 g/mol. The van der Waals surface area contributed by atoms with Crippen molar-refractivity contribution >= 4 is 27.8 Å². The Hall–Kier alpha value is -2.15. The summed E-state index contributed by atoms with van der Waals surface area (Å²) in [6.45, 7) is 5.78. The van der Waals surface area contributed by atoms with E-state index in [1.807, 2.05) is 20.8 Å². The van der Waals surface area contributed by atoms with Crippen molar-refractivity contribution in [2.45, 2.75) is 32.2 Å². The Balaban J connectivity index is 2.20. The first-order valence-electron chi connectivity index (χ1n) is 6.95. The maximum atomic E-state index is 12.2. The minimum Gasteiger partial charge on any atom is -0.479 e. The van der Waals surface area contributed by atoms with E-state index in [1.54, 1.807) is 24.3 Å². The van der Waals surface area contributed by atoms with Crippen molar-refractivity contribution in [2.75, 3.05) is 0 Å². The van der Waals surface area contributed by atoms with E-state index in [0.29, 0.717) is 11.3 Å². The van der Waals surface area contributed by atoms with Gasteiger partial charge in [-0.2, -0.15) is 0 Å². The maximum absolute atomic E-state index is 12.2. The number of halogens is 1. The third-order valence-corrected chi connectivity index (χ3v) is 3.74. The number of aliphatic carboxylic acids is 1. The number of rotatable bonds is 4. The Labute approximate surface area is 142 Å². The van der Waals surface area contributed by atoms with Gasteiger partial charge in [-0.25, -0.2) is 4.79 Å². The summed E-state index contributed by atoms with van der Waals surface area (Å²) in [5.74, 6) is -1.20. The lowest BCUT2D eigenvalue weighted by atomic mass is 9.93. The molecule has 23 heavy (non-hydrogen) atoms. The molecule has 6 nitrogen and oxygen atoms in total. The number of nitrogens with zero attached hydrogens (tertiary/aromatic N) is 1. The highest BCUT2D eigenvalue weighted by molar-refractivity contribution is 9.10. The third-order valence-electron chi connectivity index (χ3n) is 3.21. The maximum Gasteiger partial charge on any atom is 0.330 e. The van der Waals surface area contributed by atoms with E-state index in [-0.39, 0.29) is 11.1 Å². The number of carbonyl (C=O) groups is 2. The molecule has 0 bridgehead atoms. The van der Waals surface area contributed by atoms with E-state index in [2.05, 4.69) is 26.4 Å². The van der Waals surface area contributed by atoms with Gasteiger partial charge in [-0.3, -0.25) is 4.79 Å². The fourth-order valence-electron chi connectivity index (χ4n) is 1.88. The quantitative estimate of drug-likeness (QED) is 0.848. The molecule has 1 amide bonds. The molecule has 7 heteroatoms. The van der Waals surface area contributed by atoms with Crippen LogP contribution in [-0.2, 0) is 10.2 Å². The number of benzene rings is 1. The molecule has 0 aliphatic rings. The SMILES string of the molecule is CC(C)(C)c1cc(C(=O)NC(C(=O)O)c2ccc(Br)cc2)no1. The third kappa shape index (κ3) is 4.19. The van der Waals surface area contributed by atoms with Crippen molar-refractivity contribution in [3.05, 3.63) is 51.8 Å². The normalized spacial score (nSPS) is 12.7. The van der Waals surface area contributed by atoms with Crippen molar-refractivity contribution < 1.29 is 19.2 Å². The van der Waals surface area contributed by atoms with Crippen LogP contribution in [0.1, 0.15) is 48.6 Å². The van der Waals surface area contributed by atoms with Gasteiger partial charge in [-0.05, 0) is 17.7 Å². The minimum absolute atomic E-state index is 0.0540. The van der Waals surface area contributed by atoms with Gasteiger partial charge in [0.2, 0.25) is 0 Å². The lowest BCUT2D eigenvalue weighted by Gasteiger charge is -2.14. The molecule has 2 N–H and O–H groups in total. The Bertz CT molecular complexity index is 716. The van der Waals surface area contributed by atoms with Crippen LogP contribution in [0, 0.1) is 0 Å². The summed E-state index contributed by atoms with van der Waals surface area (Å²) >= 11 is 3.28. The average molecular weight is 381 g/mol. The van der Waals surface area contributed by atoms with Crippen LogP contribution < -0.4 is 5.32 Å². The van der Waals surface area contributed by atoms with Crippen molar-refractivity contribution in [1.82, 2.24) is 10.5 Å². The molecular formula is C16H17BrN2O4. The van der Waals surface area contributed by atoms with Crippen LogP contribution in [0.5, 0.6) is 0 Å². The van der Waals surface area contributed by atoms with Crippen LogP contribution in [0.3, 0.4) is 0 Å². The number of carboxylic acid groups (broad SMARTS) is 1. The van der Waals surface area contributed by atoms with Crippen LogP contribution >= 0.6 is 15.9 Å². The molecule has 1 heterocycles. The Morgan fingerprint density at radius 3 is 2.35 bits per heavy atom. The summed E-state index contributed by atoms with van der Waals surface area (Å²) in [5, 5.41) is 15.5. The minimum atomic E-state index is -1.16. The van der Waals surface area contributed by atoms with Crippen molar-refractivity contribution in [2.24, 2.45) is 0 Å². The van der Waals surface area contributed by atoms with Crippen LogP contribution in [0.15, 0.2) is 39.3 Å². The Morgan fingerprint density at radius 2 is 1.87 bits per heavy atom. The molecule has 0 spiro atoms. The molecule has 1 unspecified atom stereocenters. The molecule has 0 saturated heterocycles. The number of hydrogen-bond acceptors (Lipinski definition) is 4. The van der Waals surface area contributed by atoms with Gasteiger partial charge in [0.05, 0.1) is 0 Å². The highest BCUT2D eigenvalue weighted by Gasteiger charge is 2.26. The first-order chi connectivity index (χ1) is 10.7. The first kappa shape index (κ1) is 17.2. The number of aromatic nitrogens is 1. The summed E-state index contributed by atoms with van der Waals surface area (Å²) in [6, 6.07) is 7.05. The monoisotopic (exact) mass is 380 g/mol. The van der Waals surface area contributed by atoms with Crippen LogP contribution in [0.25, 0.3) is 0 Å². The van der Waals surface area contributed by atoms with E-state index in [9.17, 15) is 14.7 Å². The molecule has 1 atom stereocenters. The topological polar surface area (TPSA) is 92.4 Å². The van der Waals surface area contributed by atoms with Crippen molar-refractivity contribution in [3.63, 3.8) is 0 Å². The zero-order valence-corrected chi connectivity index (χ0v) is 14.5. The number of hydrogen-bond donors (Lipinski definition) is 2. The molecule has 0 aliphatic carbocycles. The van der Waals surface area contributed by atoms with Gasteiger partial charge in [-0.1, -0.05) is 54.0 Å². The second-order valence-electron chi connectivity index (χ2n) is 6.12. The van der Waals surface area contributed by atoms with Gasteiger partial charge in [0.25, 0.3) is 5.91 Å². The fourth-order valence-corrected chi connectivity index (χ4v) is 2.15. The highest BCUT2D eigenvalue weighted by Crippen LogP contribution is 2.23. The van der Waals surface area contributed by atoms with Crippen LogP contribution in [0.2, 0.25) is 0 Å². The number of nitrogens with one attached hydrogen (secondary N) is 1. The number of carbonyl (C=O) groups excluding carboxylic acids is 1. The van der Waals surface area contributed by atoms with Gasteiger partial charge in [0, 0.05) is 16.0 Å². The van der Waals surface area contributed by atoms with Crippen molar-refractivity contribution in [1.29, 1.82) is 0 Å². The summed E-state index contributed by atoms with van der Waals surface area (Å²) < 4.78 is 5.97. The van der Waals surface area contributed by atoms with Gasteiger partial charge in [-0.15, -0.1) is 0 Å².